The molecule has 3 heterocycles. The second-order valence-electron chi connectivity index (χ2n) is 5.00. The maximum atomic E-state index is 12.4. The van der Waals surface area contributed by atoms with Gasteiger partial charge in [-0.25, -0.2) is 4.68 Å². The Morgan fingerprint density at radius 2 is 1.83 bits per heavy atom. The van der Waals surface area contributed by atoms with Crippen LogP contribution in [0.15, 0.2) is 52.0 Å². The number of hydrogen-bond donors (Lipinski definition) is 1. The van der Waals surface area contributed by atoms with Crippen molar-refractivity contribution in [3.05, 3.63) is 73.0 Å². The molecule has 0 aliphatic carbocycles. The predicted octanol–water partition coefficient (Wildman–Crippen LogP) is 2.58. The van der Waals surface area contributed by atoms with E-state index in [0.29, 0.717) is 5.69 Å². The number of aryl methyl sites for hydroxylation is 1. The minimum atomic E-state index is -0.283. The average molecular weight is 345 g/mol. The van der Waals surface area contributed by atoms with Crippen molar-refractivity contribution in [3.63, 3.8) is 0 Å². The van der Waals surface area contributed by atoms with Crippen molar-refractivity contribution in [2.45, 2.75) is 19.5 Å². The maximum Gasteiger partial charge on any atom is 0.267 e. The minimum Gasteiger partial charge on any atom is -0.342 e. The van der Waals surface area contributed by atoms with Crippen molar-refractivity contribution in [1.82, 2.24) is 15.1 Å². The number of nitrogens with zero attached hydrogens (tertiary/aromatic N) is 2. The Hall–Kier alpha value is -2.25. The standard InChI is InChI=1S/C16H15N3O2S2/c1-11-6-7-15(21)19(18-11)10-14(20)17-16(12-4-2-8-22-12)13-5-3-9-23-13/h2-9,16H,10H2,1H3,(H,17,20). The van der Waals surface area contributed by atoms with Gasteiger partial charge in [0, 0.05) is 15.8 Å². The first-order chi connectivity index (χ1) is 11.1. The largest absolute Gasteiger partial charge is 0.342 e. The summed E-state index contributed by atoms with van der Waals surface area (Å²) in [6, 6.07) is 10.8. The van der Waals surface area contributed by atoms with E-state index in [2.05, 4.69) is 10.4 Å². The number of amides is 1. The van der Waals surface area contributed by atoms with Gasteiger partial charge in [-0.1, -0.05) is 12.1 Å². The zero-order valence-electron chi connectivity index (χ0n) is 12.4. The van der Waals surface area contributed by atoms with Crippen molar-refractivity contribution in [1.29, 1.82) is 0 Å². The molecule has 0 aliphatic heterocycles. The van der Waals surface area contributed by atoms with Crippen molar-refractivity contribution in [3.8, 4) is 0 Å². The van der Waals surface area contributed by atoms with Crippen molar-refractivity contribution in [2.75, 3.05) is 0 Å². The Balaban J connectivity index is 1.79. The quantitative estimate of drug-likeness (QED) is 0.773. The molecular weight excluding hydrogens is 330 g/mol. The Kier molecular flexibility index (Phi) is 4.68. The third kappa shape index (κ3) is 3.75. The summed E-state index contributed by atoms with van der Waals surface area (Å²) in [5.74, 6) is -0.239. The molecule has 5 nitrogen and oxygen atoms in total. The molecule has 0 saturated carbocycles. The fourth-order valence-electron chi connectivity index (χ4n) is 2.20. The summed E-state index contributed by atoms with van der Waals surface area (Å²) in [5, 5.41) is 11.1. The molecule has 0 spiro atoms. The van der Waals surface area contributed by atoms with Crippen LogP contribution in [0.25, 0.3) is 0 Å². The molecule has 0 saturated heterocycles. The van der Waals surface area contributed by atoms with Gasteiger partial charge in [-0.2, -0.15) is 5.10 Å². The molecule has 23 heavy (non-hydrogen) atoms. The zero-order valence-corrected chi connectivity index (χ0v) is 14.1. The van der Waals surface area contributed by atoms with Crippen LogP contribution in [0.4, 0.5) is 0 Å². The third-order valence-electron chi connectivity index (χ3n) is 3.25. The van der Waals surface area contributed by atoms with E-state index in [1.165, 1.54) is 10.7 Å². The van der Waals surface area contributed by atoms with E-state index in [4.69, 9.17) is 0 Å². The van der Waals surface area contributed by atoms with Gasteiger partial charge in [0.15, 0.2) is 0 Å². The number of hydrogen-bond acceptors (Lipinski definition) is 5. The van der Waals surface area contributed by atoms with Crippen molar-refractivity contribution >= 4 is 28.6 Å². The summed E-state index contributed by atoms with van der Waals surface area (Å²) in [6.07, 6.45) is 0. The SMILES string of the molecule is Cc1ccc(=O)n(CC(=O)NC(c2cccs2)c2cccs2)n1. The van der Waals surface area contributed by atoms with Crippen LogP contribution in [-0.4, -0.2) is 15.7 Å². The summed E-state index contributed by atoms with van der Waals surface area (Å²) < 4.78 is 1.19. The zero-order chi connectivity index (χ0) is 16.2. The second-order valence-corrected chi connectivity index (χ2v) is 6.96. The van der Waals surface area contributed by atoms with Crippen LogP contribution in [0.1, 0.15) is 21.5 Å². The molecular formula is C16H15N3O2S2. The van der Waals surface area contributed by atoms with Crippen LogP contribution >= 0.6 is 22.7 Å². The summed E-state index contributed by atoms with van der Waals surface area (Å²) in [4.78, 5) is 26.3. The molecule has 0 radical (unpaired) electrons. The molecule has 0 bridgehead atoms. The summed E-state index contributed by atoms with van der Waals surface area (Å²) >= 11 is 3.18. The fourth-order valence-corrected chi connectivity index (χ4v) is 3.86. The first-order valence-electron chi connectivity index (χ1n) is 7.04. The predicted molar refractivity (Wildman–Crippen MR) is 91.9 cm³/mol. The van der Waals surface area contributed by atoms with E-state index < -0.39 is 0 Å². The lowest BCUT2D eigenvalue weighted by molar-refractivity contribution is -0.122. The molecule has 3 aromatic heterocycles. The van der Waals surface area contributed by atoms with Crippen LogP contribution < -0.4 is 10.9 Å². The highest BCUT2D eigenvalue weighted by Crippen LogP contribution is 2.29. The van der Waals surface area contributed by atoms with Gasteiger partial charge in [-0.3, -0.25) is 9.59 Å². The van der Waals surface area contributed by atoms with Crippen LogP contribution in [0.5, 0.6) is 0 Å². The fraction of sp³-hybridized carbons (Fsp3) is 0.188. The van der Waals surface area contributed by atoms with E-state index >= 15 is 0 Å². The first-order valence-corrected chi connectivity index (χ1v) is 8.80. The van der Waals surface area contributed by atoms with Gasteiger partial charge in [0.1, 0.15) is 6.54 Å². The number of carbonyl (C=O) groups is 1. The minimum absolute atomic E-state index is 0.0895. The van der Waals surface area contributed by atoms with Gasteiger partial charge in [0.25, 0.3) is 5.56 Å². The van der Waals surface area contributed by atoms with Crippen molar-refractivity contribution in [2.24, 2.45) is 0 Å². The molecule has 0 fully saturated rings. The lowest BCUT2D eigenvalue weighted by atomic mass is 10.2. The third-order valence-corrected chi connectivity index (χ3v) is 5.13. The van der Waals surface area contributed by atoms with Gasteiger partial charge in [-0.05, 0) is 35.9 Å². The second kappa shape index (κ2) is 6.89. The molecule has 1 N–H and O–H groups in total. The molecule has 1 amide bonds. The van der Waals surface area contributed by atoms with Gasteiger partial charge >= 0.3 is 0 Å². The Morgan fingerprint density at radius 3 is 2.39 bits per heavy atom. The number of thiophene rings is 2. The van der Waals surface area contributed by atoms with E-state index in [9.17, 15) is 9.59 Å². The Morgan fingerprint density at radius 1 is 1.17 bits per heavy atom. The molecule has 3 aromatic rings. The van der Waals surface area contributed by atoms with Crippen molar-refractivity contribution < 1.29 is 4.79 Å². The molecule has 0 aromatic carbocycles. The molecule has 118 valence electrons. The Bertz CT molecular complexity index is 804. The topological polar surface area (TPSA) is 64.0 Å². The first kappa shape index (κ1) is 15.6. The van der Waals surface area contributed by atoms with E-state index in [1.54, 1.807) is 35.7 Å². The maximum absolute atomic E-state index is 12.4. The Labute approximate surface area is 141 Å². The number of rotatable bonds is 5. The molecule has 7 heteroatoms. The van der Waals surface area contributed by atoms with Gasteiger partial charge < -0.3 is 5.32 Å². The number of aromatic nitrogens is 2. The van der Waals surface area contributed by atoms with Crippen LogP contribution in [0, 0.1) is 6.92 Å². The number of nitrogens with one attached hydrogen (secondary N) is 1. The van der Waals surface area contributed by atoms with Crippen LogP contribution in [0.3, 0.4) is 0 Å². The molecule has 0 atom stereocenters. The average Bonchev–Trinajstić information content (AvgIpc) is 3.21. The lowest BCUT2D eigenvalue weighted by Gasteiger charge is -2.16. The molecule has 0 unspecified atom stereocenters. The highest BCUT2D eigenvalue weighted by molar-refractivity contribution is 7.11. The molecule has 3 rings (SSSR count). The van der Waals surface area contributed by atoms with Crippen LogP contribution in [0.2, 0.25) is 0 Å². The van der Waals surface area contributed by atoms with Gasteiger partial charge in [0.05, 0.1) is 11.7 Å². The highest BCUT2D eigenvalue weighted by Gasteiger charge is 2.19. The summed E-state index contributed by atoms with van der Waals surface area (Å²) in [7, 11) is 0. The van der Waals surface area contributed by atoms with Crippen LogP contribution in [-0.2, 0) is 11.3 Å². The van der Waals surface area contributed by atoms with E-state index in [0.717, 1.165) is 9.75 Å². The smallest absolute Gasteiger partial charge is 0.267 e. The van der Waals surface area contributed by atoms with Gasteiger partial charge in [0.2, 0.25) is 5.91 Å². The molecule has 0 aliphatic rings. The highest BCUT2D eigenvalue weighted by atomic mass is 32.1. The number of carbonyl (C=O) groups excluding carboxylic acids is 1. The normalized spacial score (nSPS) is 10.9. The summed E-state index contributed by atoms with van der Waals surface area (Å²) in [6.45, 7) is 1.70. The lowest BCUT2D eigenvalue weighted by Crippen LogP contribution is -2.35. The van der Waals surface area contributed by atoms with E-state index in [1.807, 2.05) is 35.0 Å². The monoisotopic (exact) mass is 345 g/mol. The van der Waals surface area contributed by atoms with E-state index in [-0.39, 0.29) is 24.1 Å². The van der Waals surface area contributed by atoms with Gasteiger partial charge in [-0.15, -0.1) is 22.7 Å². The summed E-state index contributed by atoms with van der Waals surface area (Å²) in [5.41, 5.74) is 0.417.